The minimum absolute atomic E-state index is 0.0511. The normalized spacial score (nSPS) is 18.5. The average molecular weight is 323 g/mol. The van der Waals surface area contributed by atoms with Gasteiger partial charge in [-0.3, -0.25) is 4.79 Å². The topological polar surface area (TPSA) is 89.5 Å². The van der Waals surface area contributed by atoms with Gasteiger partial charge in [-0.05, 0) is 12.8 Å². The summed E-state index contributed by atoms with van der Waals surface area (Å²) in [6.45, 7) is 7.19. The highest BCUT2D eigenvalue weighted by atomic mass is 16.5. The average Bonchev–Trinajstić information content (AvgIpc) is 2.53. The zero-order chi connectivity index (χ0) is 17.0. The number of piperidine rings is 1. The molecule has 0 aliphatic carbocycles. The van der Waals surface area contributed by atoms with Crippen molar-refractivity contribution in [2.75, 3.05) is 32.2 Å². The lowest BCUT2D eigenvalue weighted by atomic mass is 9.94. The molecule has 0 bridgehead atoms. The number of amides is 1. The molecule has 0 spiro atoms. The first kappa shape index (κ1) is 17.2. The summed E-state index contributed by atoms with van der Waals surface area (Å²) in [7, 11) is 3.00. The molecule has 8 nitrogen and oxygen atoms in total. The van der Waals surface area contributed by atoms with Crippen molar-refractivity contribution in [3.63, 3.8) is 0 Å². The summed E-state index contributed by atoms with van der Waals surface area (Å²) >= 11 is 0. The highest BCUT2D eigenvalue weighted by molar-refractivity contribution is 5.81. The third-order valence-electron chi connectivity index (χ3n) is 3.67. The van der Waals surface area contributed by atoms with Gasteiger partial charge in [0.2, 0.25) is 11.9 Å². The van der Waals surface area contributed by atoms with Crippen LogP contribution in [0.15, 0.2) is 0 Å². The highest BCUT2D eigenvalue weighted by Crippen LogP contribution is 2.21. The van der Waals surface area contributed by atoms with Crippen LogP contribution in [0, 0.1) is 5.41 Å². The molecular weight excluding hydrogens is 298 g/mol. The van der Waals surface area contributed by atoms with Crippen molar-refractivity contribution < 1.29 is 14.3 Å². The summed E-state index contributed by atoms with van der Waals surface area (Å²) in [4.78, 5) is 26.7. The largest absolute Gasteiger partial charge is 0.467 e. The van der Waals surface area contributed by atoms with E-state index in [4.69, 9.17) is 9.47 Å². The Labute approximate surface area is 136 Å². The Hall–Kier alpha value is -2.12. The number of nitrogens with zero attached hydrogens (tertiary/aromatic N) is 4. The Bertz CT molecular complexity index is 536. The van der Waals surface area contributed by atoms with Crippen LogP contribution in [0.2, 0.25) is 0 Å². The molecule has 1 aromatic heterocycles. The van der Waals surface area contributed by atoms with Gasteiger partial charge in [0.1, 0.15) is 0 Å². The summed E-state index contributed by atoms with van der Waals surface area (Å²) in [6, 6.07) is 0.504. The zero-order valence-electron chi connectivity index (χ0n) is 14.4. The summed E-state index contributed by atoms with van der Waals surface area (Å²) in [5.74, 6) is 0.554. The Morgan fingerprint density at radius 2 is 1.78 bits per heavy atom. The lowest BCUT2D eigenvalue weighted by molar-refractivity contribution is -0.129. The highest BCUT2D eigenvalue weighted by Gasteiger charge is 2.28. The molecular formula is C15H25N5O3. The van der Waals surface area contributed by atoms with Crippen LogP contribution in [-0.4, -0.2) is 54.2 Å². The lowest BCUT2D eigenvalue weighted by Crippen LogP contribution is -2.50. The summed E-state index contributed by atoms with van der Waals surface area (Å²) in [5.41, 5.74) is -0.401. The molecule has 1 aliphatic rings. The molecule has 1 aromatic rings. The fourth-order valence-electron chi connectivity index (χ4n) is 2.33. The molecule has 1 unspecified atom stereocenters. The fourth-order valence-corrected chi connectivity index (χ4v) is 2.33. The number of carbonyl (C=O) groups is 1. The van der Waals surface area contributed by atoms with Crippen molar-refractivity contribution in [3.8, 4) is 12.0 Å². The number of anilines is 1. The molecule has 0 aromatic carbocycles. The van der Waals surface area contributed by atoms with E-state index in [1.165, 1.54) is 14.2 Å². The number of rotatable bonds is 4. The predicted octanol–water partition coefficient (Wildman–Crippen LogP) is 1.02. The second kappa shape index (κ2) is 6.97. The number of aromatic nitrogens is 3. The first-order chi connectivity index (χ1) is 10.8. The maximum absolute atomic E-state index is 12.2. The molecule has 1 N–H and O–H groups in total. The molecule has 23 heavy (non-hydrogen) atoms. The van der Waals surface area contributed by atoms with Crippen molar-refractivity contribution in [2.45, 2.75) is 39.7 Å². The Balaban J connectivity index is 2.10. The Morgan fingerprint density at radius 3 is 2.30 bits per heavy atom. The van der Waals surface area contributed by atoms with Crippen LogP contribution in [-0.2, 0) is 4.79 Å². The number of hydrogen-bond acceptors (Lipinski definition) is 7. The third-order valence-corrected chi connectivity index (χ3v) is 3.67. The molecule has 0 saturated carbocycles. The van der Waals surface area contributed by atoms with Crippen LogP contribution in [0.25, 0.3) is 0 Å². The third kappa shape index (κ3) is 4.43. The Morgan fingerprint density at radius 1 is 1.17 bits per heavy atom. The molecule has 2 heterocycles. The van der Waals surface area contributed by atoms with E-state index in [1.54, 1.807) is 0 Å². The summed E-state index contributed by atoms with van der Waals surface area (Å²) in [5, 5.41) is 3.10. The molecule has 128 valence electrons. The molecule has 1 fully saturated rings. The quantitative estimate of drug-likeness (QED) is 0.884. The van der Waals surface area contributed by atoms with Crippen molar-refractivity contribution >= 4 is 11.9 Å². The van der Waals surface area contributed by atoms with E-state index in [0.29, 0.717) is 12.5 Å². The first-order valence-electron chi connectivity index (χ1n) is 7.73. The zero-order valence-corrected chi connectivity index (χ0v) is 14.4. The van der Waals surface area contributed by atoms with Gasteiger partial charge in [0, 0.05) is 24.5 Å². The van der Waals surface area contributed by atoms with E-state index in [-0.39, 0.29) is 24.0 Å². The molecule has 8 heteroatoms. The molecule has 0 radical (unpaired) electrons. The van der Waals surface area contributed by atoms with Crippen LogP contribution in [0.1, 0.15) is 33.6 Å². The second-order valence-electron chi connectivity index (χ2n) is 6.62. The SMILES string of the molecule is COc1nc(OC)nc(N2CCCC(NC(=O)C(C)(C)C)C2)n1. The van der Waals surface area contributed by atoms with Gasteiger partial charge >= 0.3 is 12.0 Å². The van der Waals surface area contributed by atoms with E-state index < -0.39 is 5.41 Å². The molecule has 1 amide bonds. The summed E-state index contributed by atoms with van der Waals surface area (Å²) in [6.07, 6.45) is 1.89. The van der Waals surface area contributed by atoms with Crippen molar-refractivity contribution in [1.29, 1.82) is 0 Å². The van der Waals surface area contributed by atoms with E-state index in [1.807, 2.05) is 25.7 Å². The van der Waals surface area contributed by atoms with Gasteiger partial charge in [-0.2, -0.15) is 9.97 Å². The van der Waals surface area contributed by atoms with E-state index in [0.717, 1.165) is 19.4 Å². The minimum Gasteiger partial charge on any atom is -0.467 e. The standard InChI is InChI=1S/C15H25N5O3/c1-15(2,3)11(21)16-10-7-6-8-20(9-10)12-17-13(22-4)19-14(18-12)23-5/h10H,6-9H2,1-5H3,(H,16,21). The van der Waals surface area contributed by atoms with Crippen molar-refractivity contribution in [2.24, 2.45) is 5.41 Å². The monoisotopic (exact) mass is 323 g/mol. The number of methoxy groups -OCH3 is 2. The number of hydrogen-bond donors (Lipinski definition) is 1. The molecule has 1 aliphatic heterocycles. The molecule has 1 atom stereocenters. The maximum Gasteiger partial charge on any atom is 0.324 e. The van der Waals surface area contributed by atoms with Gasteiger partial charge in [0.25, 0.3) is 0 Å². The van der Waals surface area contributed by atoms with Gasteiger partial charge in [-0.25, -0.2) is 0 Å². The number of carbonyl (C=O) groups excluding carboxylic acids is 1. The second-order valence-corrected chi connectivity index (χ2v) is 6.62. The fraction of sp³-hybridized carbons (Fsp3) is 0.733. The number of nitrogens with one attached hydrogen (secondary N) is 1. The predicted molar refractivity (Wildman–Crippen MR) is 85.8 cm³/mol. The van der Waals surface area contributed by atoms with E-state index in [2.05, 4.69) is 20.3 Å². The Kier molecular flexibility index (Phi) is 5.23. The van der Waals surface area contributed by atoms with Gasteiger partial charge in [0.15, 0.2) is 0 Å². The lowest BCUT2D eigenvalue weighted by Gasteiger charge is -2.34. The van der Waals surface area contributed by atoms with Gasteiger partial charge in [-0.1, -0.05) is 20.8 Å². The van der Waals surface area contributed by atoms with E-state index in [9.17, 15) is 4.79 Å². The van der Waals surface area contributed by atoms with Crippen LogP contribution >= 0.6 is 0 Å². The first-order valence-corrected chi connectivity index (χ1v) is 7.73. The minimum atomic E-state index is -0.401. The van der Waals surface area contributed by atoms with E-state index >= 15 is 0 Å². The molecule has 2 rings (SSSR count). The van der Waals surface area contributed by atoms with Gasteiger partial charge in [0.05, 0.1) is 14.2 Å². The smallest absolute Gasteiger partial charge is 0.324 e. The van der Waals surface area contributed by atoms with Crippen LogP contribution in [0.5, 0.6) is 12.0 Å². The van der Waals surface area contributed by atoms with Crippen LogP contribution in [0.3, 0.4) is 0 Å². The van der Waals surface area contributed by atoms with Gasteiger partial charge < -0.3 is 19.7 Å². The van der Waals surface area contributed by atoms with Gasteiger partial charge in [-0.15, -0.1) is 4.98 Å². The van der Waals surface area contributed by atoms with Crippen molar-refractivity contribution in [3.05, 3.63) is 0 Å². The van der Waals surface area contributed by atoms with Crippen LogP contribution < -0.4 is 19.7 Å². The van der Waals surface area contributed by atoms with Crippen LogP contribution in [0.4, 0.5) is 5.95 Å². The number of ether oxygens (including phenoxy) is 2. The molecule has 1 saturated heterocycles. The van der Waals surface area contributed by atoms with Crippen molar-refractivity contribution in [1.82, 2.24) is 20.3 Å². The summed E-state index contributed by atoms with van der Waals surface area (Å²) < 4.78 is 10.2. The maximum atomic E-state index is 12.2.